The number of aliphatic imine (C=N–C) groups is 1. The third-order valence-corrected chi connectivity index (χ3v) is 4.42. The number of hydrogen-bond acceptors (Lipinski definition) is 3. The summed E-state index contributed by atoms with van der Waals surface area (Å²) in [5.41, 5.74) is 2.25. The average Bonchev–Trinajstić information content (AvgIpc) is 2.63. The molecule has 124 valence electrons. The van der Waals surface area contributed by atoms with Gasteiger partial charge in [0.1, 0.15) is 5.75 Å². The van der Waals surface area contributed by atoms with Crippen molar-refractivity contribution < 1.29 is 9.53 Å². The molecule has 0 aromatic heterocycles. The lowest BCUT2D eigenvalue weighted by Gasteiger charge is -2.04. The van der Waals surface area contributed by atoms with E-state index in [0.29, 0.717) is 11.3 Å². The van der Waals surface area contributed by atoms with Gasteiger partial charge >= 0.3 is 5.97 Å². The number of esters is 1. The topological polar surface area (TPSA) is 38.7 Å². The van der Waals surface area contributed by atoms with Gasteiger partial charge in [0.05, 0.1) is 11.3 Å². The molecule has 0 saturated heterocycles. The van der Waals surface area contributed by atoms with Crippen molar-refractivity contribution in [3.63, 3.8) is 0 Å². The molecule has 3 rings (SSSR count). The second kappa shape index (κ2) is 8.23. The van der Waals surface area contributed by atoms with Crippen molar-refractivity contribution in [1.82, 2.24) is 0 Å². The Balaban J connectivity index is 1.66. The molecule has 0 radical (unpaired) electrons. The predicted octanol–water partition coefficient (Wildman–Crippen LogP) is 6.18. The zero-order valence-corrected chi connectivity index (χ0v) is 16.2. The van der Waals surface area contributed by atoms with Gasteiger partial charge < -0.3 is 4.74 Å². The Labute approximate surface area is 162 Å². The number of halogens is 2. The molecule has 0 aliphatic heterocycles. The molecule has 0 atom stereocenters. The minimum Gasteiger partial charge on any atom is -0.423 e. The summed E-state index contributed by atoms with van der Waals surface area (Å²) in [6, 6.07) is 22.0. The van der Waals surface area contributed by atoms with E-state index >= 15 is 0 Å². The van der Waals surface area contributed by atoms with Crippen LogP contribution in [0.5, 0.6) is 5.75 Å². The number of hydrogen-bond donors (Lipinski definition) is 0. The van der Waals surface area contributed by atoms with Crippen LogP contribution in [0.25, 0.3) is 0 Å². The molecule has 25 heavy (non-hydrogen) atoms. The molecule has 0 saturated carbocycles. The largest absolute Gasteiger partial charge is 0.423 e. The van der Waals surface area contributed by atoms with Gasteiger partial charge in [0, 0.05) is 15.2 Å². The number of rotatable bonds is 4. The van der Waals surface area contributed by atoms with Gasteiger partial charge in [-0.1, -0.05) is 44.0 Å². The summed E-state index contributed by atoms with van der Waals surface area (Å²) in [5, 5.41) is 0. The van der Waals surface area contributed by atoms with Crippen molar-refractivity contribution in [2.75, 3.05) is 0 Å². The van der Waals surface area contributed by atoms with Crippen molar-refractivity contribution in [2.45, 2.75) is 0 Å². The van der Waals surface area contributed by atoms with E-state index in [2.05, 4.69) is 36.9 Å². The van der Waals surface area contributed by atoms with Gasteiger partial charge in [-0.3, -0.25) is 4.99 Å². The molecule has 3 aromatic rings. The molecule has 0 amide bonds. The summed E-state index contributed by atoms with van der Waals surface area (Å²) < 4.78 is 7.29. The van der Waals surface area contributed by atoms with Crippen molar-refractivity contribution in [3.05, 3.63) is 92.9 Å². The maximum atomic E-state index is 12.1. The molecule has 0 spiro atoms. The van der Waals surface area contributed by atoms with Crippen LogP contribution in [0.15, 0.2) is 86.7 Å². The first kappa shape index (κ1) is 17.6. The minimum atomic E-state index is -0.397. The molecule has 0 N–H and O–H groups in total. The highest BCUT2D eigenvalue weighted by Crippen LogP contribution is 2.19. The fourth-order valence-electron chi connectivity index (χ4n) is 2.05. The van der Waals surface area contributed by atoms with Crippen LogP contribution in [0.4, 0.5) is 5.69 Å². The summed E-state index contributed by atoms with van der Waals surface area (Å²) in [6.45, 7) is 0. The lowest BCUT2D eigenvalue weighted by atomic mass is 10.2. The van der Waals surface area contributed by atoms with Crippen LogP contribution in [0.1, 0.15) is 15.9 Å². The third-order valence-electron chi connectivity index (χ3n) is 3.36. The Bertz CT molecular complexity index is 886. The van der Waals surface area contributed by atoms with Crippen molar-refractivity contribution in [3.8, 4) is 5.75 Å². The Morgan fingerprint density at radius 2 is 1.36 bits per heavy atom. The van der Waals surface area contributed by atoms with Gasteiger partial charge in [0.15, 0.2) is 0 Å². The summed E-state index contributed by atoms with van der Waals surface area (Å²) in [4.78, 5) is 16.5. The lowest BCUT2D eigenvalue weighted by Crippen LogP contribution is -2.07. The first-order valence-corrected chi connectivity index (χ1v) is 9.06. The number of carbonyl (C=O) groups excluding carboxylic acids is 1. The zero-order chi connectivity index (χ0) is 17.6. The van der Waals surface area contributed by atoms with E-state index in [9.17, 15) is 4.79 Å². The molecule has 0 unspecified atom stereocenters. The normalized spacial score (nSPS) is 10.8. The molecule has 0 heterocycles. The Morgan fingerprint density at radius 3 is 1.96 bits per heavy atom. The molecule has 0 aliphatic rings. The molecular formula is C20H13Br2NO2. The van der Waals surface area contributed by atoms with Crippen molar-refractivity contribution in [1.29, 1.82) is 0 Å². The third kappa shape index (κ3) is 5.11. The summed E-state index contributed by atoms with van der Waals surface area (Å²) in [6.07, 6.45) is 1.78. The Hall–Kier alpha value is -2.24. The Morgan fingerprint density at radius 1 is 0.800 bits per heavy atom. The van der Waals surface area contributed by atoms with E-state index in [4.69, 9.17) is 4.74 Å². The number of benzene rings is 3. The van der Waals surface area contributed by atoms with Crippen LogP contribution in [0.2, 0.25) is 0 Å². The second-order valence-electron chi connectivity index (χ2n) is 5.20. The first-order valence-electron chi connectivity index (χ1n) is 7.47. The van der Waals surface area contributed by atoms with Gasteiger partial charge in [-0.25, -0.2) is 4.79 Å². The van der Waals surface area contributed by atoms with E-state index in [-0.39, 0.29) is 0 Å². The monoisotopic (exact) mass is 457 g/mol. The molecule has 0 fully saturated rings. The van der Waals surface area contributed by atoms with Crippen LogP contribution < -0.4 is 4.74 Å². The van der Waals surface area contributed by atoms with Gasteiger partial charge in [-0.15, -0.1) is 0 Å². The molecule has 3 nitrogen and oxygen atoms in total. The number of ether oxygens (including phenoxy) is 1. The van der Waals surface area contributed by atoms with Crippen molar-refractivity contribution in [2.24, 2.45) is 4.99 Å². The summed E-state index contributed by atoms with van der Waals surface area (Å²) in [5.74, 6) is 0.108. The predicted molar refractivity (Wildman–Crippen MR) is 107 cm³/mol. The SMILES string of the molecule is O=C(Oc1ccc(Br)cc1)c1ccc(N=Cc2ccc(Br)cc2)cc1. The molecule has 3 aromatic carbocycles. The highest BCUT2D eigenvalue weighted by atomic mass is 79.9. The molecule has 0 aliphatic carbocycles. The summed E-state index contributed by atoms with van der Waals surface area (Å²) in [7, 11) is 0. The van der Waals surface area contributed by atoms with Crippen LogP contribution in [-0.4, -0.2) is 12.2 Å². The number of carbonyl (C=O) groups is 1. The quantitative estimate of drug-likeness (QED) is 0.266. The van der Waals surface area contributed by atoms with Gasteiger partial charge in [0.25, 0.3) is 0 Å². The highest BCUT2D eigenvalue weighted by Gasteiger charge is 2.08. The van der Waals surface area contributed by atoms with Gasteiger partial charge in [-0.2, -0.15) is 0 Å². The minimum absolute atomic E-state index is 0.397. The van der Waals surface area contributed by atoms with Gasteiger partial charge in [0.2, 0.25) is 0 Å². The van der Waals surface area contributed by atoms with E-state index in [1.54, 1.807) is 42.6 Å². The average molecular weight is 459 g/mol. The fraction of sp³-hybridized carbons (Fsp3) is 0. The maximum absolute atomic E-state index is 12.1. The Kier molecular flexibility index (Phi) is 5.79. The smallest absolute Gasteiger partial charge is 0.343 e. The van der Waals surface area contributed by atoms with Gasteiger partial charge in [-0.05, 0) is 66.2 Å². The number of nitrogens with zero attached hydrogens (tertiary/aromatic N) is 1. The van der Waals surface area contributed by atoms with E-state index in [1.165, 1.54) is 0 Å². The molecule has 5 heteroatoms. The van der Waals surface area contributed by atoms with Crippen LogP contribution in [0.3, 0.4) is 0 Å². The van der Waals surface area contributed by atoms with E-state index in [0.717, 1.165) is 20.2 Å². The first-order chi connectivity index (χ1) is 12.1. The maximum Gasteiger partial charge on any atom is 0.343 e. The highest BCUT2D eigenvalue weighted by molar-refractivity contribution is 9.10. The van der Waals surface area contributed by atoms with Crippen molar-refractivity contribution >= 4 is 49.7 Å². The standard InChI is InChI=1S/C20H13Br2NO2/c21-16-5-1-14(2-6-16)13-23-18-9-3-15(4-10-18)20(24)25-19-11-7-17(22)8-12-19/h1-13H. The summed E-state index contributed by atoms with van der Waals surface area (Å²) >= 11 is 6.74. The molecule has 0 bridgehead atoms. The van der Waals surface area contributed by atoms with Crippen LogP contribution >= 0.6 is 31.9 Å². The van der Waals surface area contributed by atoms with Crippen LogP contribution in [-0.2, 0) is 0 Å². The lowest BCUT2D eigenvalue weighted by molar-refractivity contribution is 0.0735. The van der Waals surface area contributed by atoms with E-state index in [1.807, 2.05) is 36.4 Å². The van der Waals surface area contributed by atoms with E-state index < -0.39 is 5.97 Å². The van der Waals surface area contributed by atoms with Crippen LogP contribution in [0, 0.1) is 0 Å². The second-order valence-corrected chi connectivity index (χ2v) is 7.03. The fourth-order valence-corrected chi connectivity index (χ4v) is 2.58. The molecular weight excluding hydrogens is 446 g/mol. The zero-order valence-electron chi connectivity index (χ0n) is 13.0.